The lowest BCUT2D eigenvalue weighted by atomic mass is 10.0. The topological polar surface area (TPSA) is 71.5 Å². The van der Waals surface area contributed by atoms with Crippen LogP contribution < -0.4 is 15.2 Å². The van der Waals surface area contributed by atoms with Crippen molar-refractivity contribution in [2.75, 3.05) is 26.1 Å². The van der Waals surface area contributed by atoms with Gasteiger partial charge in [0, 0.05) is 30.8 Å². The van der Waals surface area contributed by atoms with E-state index in [-0.39, 0.29) is 0 Å². The molecule has 2 aromatic rings. The molecule has 3 rings (SSSR count). The molecule has 2 heterocycles. The summed E-state index contributed by atoms with van der Waals surface area (Å²) in [7, 11) is 3.46. The lowest BCUT2D eigenvalue weighted by molar-refractivity contribution is 0.153. The molecule has 0 fully saturated rings. The highest BCUT2D eigenvalue weighted by molar-refractivity contribution is 5.81. The molecule has 20 heavy (non-hydrogen) atoms. The lowest BCUT2D eigenvalue weighted by Crippen LogP contribution is -2.17. The number of methoxy groups -OCH3 is 1. The van der Waals surface area contributed by atoms with Gasteiger partial charge in [0.2, 0.25) is 0 Å². The quantitative estimate of drug-likeness (QED) is 0.921. The van der Waals surface area contributed by atoms with Gasteiger partial charge >= 0.3 is 0 Å². The van der Waals surface area contributed by atoms with E-state index < -0.39 is 0 Å². The summed E-state index contributed by atoms with van der Waals surface area (Å²) < 4.78 is 18.4. The van der Waals surface area contributed by atoms with E-state index in [4.69, 9.17) is 19.9 Å². The highest BCUT2D eigenvalue weighted by atomic mass is 16.6. The van der Waals surface area contributed by atoms with E-state index >= 15 is 0 Å². The number of anilines is 1. The SMILES string of the molecule is COCc1ccc(-c2cnn(C)c2N)c2c1OCCO2. The van der Waals surface area contributed by atoms with Gasteiger partial charge in [0.25, 0.3) is 0 Å². The number of fused-ring (bicyclic) bond motifs is 1. The number of nitrogens with two attached hydrogens (primary N) is 1. The summed E-state index contributed by atoms with van der Waals surface area (Å²) in [5.74, 6) is 2.05. The van der Waals surface area contributed by atoms with E-state index in [2.05, 4.69) is 5.10 Å². The first-order valence-corrected chi connectivity index (χ1v) is 6.40. The molecule has 1 aliphatic rings. The number of rotatable bonds is 3. The van der Waals surface area contributed by atoms with Gasteiger partial charge in [-0.05, 0) is 6.07 Å². The molecule has 1 aromatic carbocycles. The van der Waals surface area contributed by atoms with Crippen LogP contribution in [0.25, 0.3) is 11.1 Å². The molecule has 6 nitrogen and oxygen atoms in total. The number of benzene rings is 1. The predicted molar refractivity (Wildman–Crippen MR) is 74.8 cm³/mol. The summed E-state index contributed by atoms with van der Waals surface area (Å²) in [5.41, 5.74) is 8.75. The first kappa shape index (κ1) is 12.8. The Morgan fingerprint density at radius 2 is 2.00 bits per heavy atom. The molecular weight excluding hydrogens is 258 g/mol. The zero-order chi connectivity index (χ0) is 14.1. The molecule has 0 amide bonds. The van der Waals surface area contributed by atoms with Crippen LogP contribution in [0.4, 0.5) is 5.82 Å². The fourth-order valence-corrected chi connectivity index (χ4v) is 2.33. The Hall–Kier alpha value is -2.21. The smallest absolute Gasteiger partial charge is 0.169 e. The van der Waals surface area contributed by atoms with E-state index in [0.29, 0.717) is 31.4 Å². The van der Waals surface area contributed by atoms with Crippen LogP contribution in [0.15, 0.2) is 18.3 Å². The Bertz CT molecular complexity index is 637. The minimum absolute atomic E-state index is 0.481. The number of nitrogen functional groups attached to an aromatic ring is 1. The molecule has 106 valence electrons. The highest BCUT2D eigenvalue weighted by Crippen LogP contribution is 2.44. The van der Waals surface area contributed by atoms with Crippen LogP contribution in [-0.2, 0) is 18.4 Å². The number of ether oxygens (including phenoxy) is 3. The van der Waals surface area contributed by atoms with Crippen LogP contribution in [-0.4, -0.2) is 30.1 Å². The molecule has 2 N–H and O–H groups in total. The number of hydrogen-bond acceptors (Lipinski definition) is 5. The van der Waals surface area contributed by atoms with Crippen LogP contribution in [0.5, 0.6) is 11.5 Å². The summed E-state index contributed by atoms with van der Waals surface area (Å²) in [4.78, 5) is 0. The lowest BCUT2D eigenvalue weighted by Gasteiger charge is -2.23. The summed E-state index contributed by atoms with van der Waals surface area (Å²) in [6.07, 6.45) is 1.74. The second-order valence-corrected chi connectivity index (χ2v) is 4.63. The largest absolute Gasteiger partial charge is 0.486 e. The van der Waals surface area contributed by atoms with E-state index in [1.165, 1.54) is 0 Å². The Kier molecular flexibility index (Phi) is 3.23. The summed E-state index contributed by atoms with van der Waals surface area (Å²) in [6, 6.07) is 3.94. The van der Waals surface area contributed by atoms with Gasteiger partial charge in [-0.25, -0.2) is 0 Å². The van der Waals surface area contributed by atoms with Crippen molar-refractivity contribution in [2.45, 2.75) is 6.61 Å². The van der Waals surface area contributed by atoms with Crippen LogP contribution in [0.2, 0.25) is 0 Å². The number of aryl methyl sites for hydroxylation is 1. The molecule has 6 heteroatoms. The Labute approximate surface area is 117 Å². The van der Waals surface area contributed by atoms with Gasteiger partial charge in [0.05, 0.1) is 12.8 Å². The second-order valence-electron chi connectivity index (χ2n) is 4.63. The summed E-state index contributed by atoms with van der Waals surface area (Å²) >= 11 is 0. The van der Waals surface area contributed by atoms with Gasteiger partial charge in [-0.15, -0.1) is 0 Å². The molecule has 0 spiro atoms. The molecule has 1 aliphatic heterocycles. The van der Waals surface area contributed by atoms with Gasteiger partial charge in [0.15, 0.2) is 11.5 Å². The van der Waals surface area contributed by atoms with Gasteiger partial charge in [-0.2, -0.15) is 5.10 Å². The number of nitrogens with zero attached hydrogens (tertiary/aromatic N) is 2. The maximum Gasteiger partial charge on any atom is 0.169 e. The van der Waals surface area contributed by atoms with E-state index in [0.717, 1.165) is 22.4 Å². The average molecular weight is 275 g/mol. The van der Waals surface area contributed by atoms with E-state index in [9.17, 15) is 0 Å². The van der Waals surface area contributed by atoms with E-state index in [1.807, 2.05) is 19.2 Å². The first-order chi connectivity index (χ1) is 9.72. The minimum Gasteiger partial charge on any atom is -0.486 e. The van der Waals surface area contributed by atoms with Crippen molar-refractivity contribution in [2.24, 2.45) is 7.05 Å². The standard InChI is InChI=1S/C14H17N3O3/c1-17-14(15)11(7-16-17)10-4-3-9(8-18-2)12-13(10)20-6-5-19-12/h3-4,7H,5-6,8,15H2,1-2H3. The first-order valence-electron chi connectivity index (χ1n) is 6.40. The normalized spacial score (nSPS) is 13.5. The van der Waals surface area contributed by atoms with Crippen molar-refractivity contribution < 1.29 is 14.2 Å². The minimum atomic E-state index is 0.481. The van der Waals surface area contributed by atoms with Crippen molar-refractivity contribution in [1.29, 1.82) is 0 Å². The van der Waals surface area contributed by atoms with Crippen LogP contribution >= 0.6 is 0 Å². The Balaban J connectivity index is 2.15. The van der Waals surface area contributed by atoms with Crippen molar-refractivity contribution in [3.05, 3.63) is 23.9 Å². The third-order valence-electron chi connectivity index (χ3n) is 3.34. The molecule has 0 radical (unpaired) electrons. The molecule has 0 saturated heterocycles. The maximum atomic E-state index is 6.04. The molecule has 0 aliphatic carbocycles. The van der Waals surface area contributed by atoms with Crippen molar-refractivity contribution in [1.82, 2.24) is 9.78 Å². The van der Waals surface area contributed by atoms with Gasteiger partial charge in [-0.1, -0.05) is 6.07 Å². The fourth-order valence-electron chi connectivity index (χ4n) is 2.33. The molecule has 0 unspecified atom stereocenters. The molecule has 1 aromatic heterocycles. The fraction of sp³-hybridized carbons (Fsp3) is 0.357. The van der Waals surface area contributed by atoms with Crippen molar-refractivity contribution in [3.8, 4) is 22.6 Å². The maximum absolute atomic E-state index is 6.04. The third kappa shape index (κ3) is 1.98. The van der Waals surface area contributed by atoms with Crippen molar-refractivity contribution in [3.63, 3.8) is 0 Å². The number of hydrogen-bond donors (Lipinski definition) is 1. The van der Waals surface area contributed by atoms with Crippen LogP contribution in [0, 0.1) is 0 Å². The monoisotopic (exact) mass is 275 g/mol. The number of aromatic nitrogens is 2. The molecule has 0 atom stereocenters. The van der Waals surface area contributed by atoms with Crippen molar-refractivity contribution >= 4 is 5.82 Å². The summed E-state index contributed by atoms with van der Waals surface area (Å²) in [6.45, 7) is 1.54. The highest BCUT2D eigenvalue weighted by Gasteiger charge is 2.23. The molecule has 0 bridgehead atoms. The Morgan fingerprint density at radius 3 is 2.65 bits per heavy atom. The van der Waals surface area contributed by atoms with Crippen LogP contribution in [0.1, 0.15) is 5.56 Å². The van der Waals surface area contributed by atoms with Gasteiger partial charge in [-0.3, -0.25) is 4.68 Å². The third-order valence-corrected chi connectivity index (χ3v) is 3.34. The summed E-state index contributed by atoms with van der Waals surface area (Å²) in [5, 5.41) is 4.17. The predicted octanol–water partition coefficient (Wildman–Crippen LogP) is 1.59. The second kappa shape index (κ2) is 5.05. The van der Waals surface area contributed by atoms with Gasteiger partial charge < -0.3 is 19.9 Å². The molecular formula is C14H17N3O3. The van der Waals surface area contributed by atoms with E-state index in [1.54, 1.807) is 18.0 Å². The zero-order valence-electron chi connectivity index (χ0n) is 11.5. The average Bonchev–Trinajstić information content (AvgIpc) is 2.80. The van der Waals surface area contributed by atoms with Gasteiger partial charge in [0.1, 0.15) is 19.0 Å². The zero-order valence-corrected chi connectivity index (χ0v) is 11.5. The molecule has 0 saturated carbocycles. The Morgan fingerprint density at radius 1 is 1.25 bits per heavy atom. The van der Waals surface area contributed by atoms with Crippen LogP contribution in [0.3, 0.4) is 0 Å².